The molecule has 0 saturated carbocycles. The van der Waals surface area contributed by atoms with Gasteiger partial charge in [-0.2, -0.15) is 5.10 Å². The van der Waals surface area contributed by atoms with Crippen LogP contribution in [0.15, 0.2) is 6.20 Å². The summed E-state index contributed by atoms with van der Waals surface area (Å²) in [5, 5.41) is 4.81. The lowest BCUT2D eigenvalue weighted by molar-refractivity contribution is 0.0515. The third-order valence-corrected chi connectivity index (χ3v) is 10.9. The van der Waals surface area contributed by atoms with Crippen molar-refractivity contribution in [2.24, 2.45) is 0 Å². The lowest BCUT2D eigenvalue weighted by Crippen LogP contribution is -2.41. The van der Waals surface area contributed by atoms with Crippen molar-refractivity contribution in [2.45, 2.75) is 78.1 Å². The summed E-state index contributed by atoms with van der Waals surface area (Å²) in [6.07, 6.45) is 2.46. The summed E-state index contributed by atoms with van der Waals surface area (Å²) in [6, 6.07) is 0. The van der Waals surface area contributed by atoms with Crippen LogP contribution in [-0.2, 0) is 27.5 Å². The summed E-state index contributed by atoms with van der Waals surface area (Å²) < 4.78 is 13.5. The molecule has 170 valence electrons. The van der Waals surface area contributed by atoms with Crippen LogP contribution in [0.4, 0.5) is 5.95 Å². The van der Waals surface area contributed by atoms with Crippen molar-refractivity contribution in [2.75, 3.05) is 18.9 Å². The van der Waals surface area contributed by atoms with Crippen molar-refractivity contribution in [3.8, 4) is 11.4 Å². The van der Waals surface area contributed by atoms with Gasteiger partial charge in [0.25, 0.3) is 0 Å². The summed E-state index contributed by atoms with van der Waals surface area (Å²) in [5.74, 6) is -0.214. The van der Waals surface area contributed by atoms with E-state index < -0.39 is 14.3 Å². The minimum absolute atomic E-state index is 0.114. The zero-order chi connectivity index (χ0) is 23.2. The number of carbonyl (C=O) groups is 1. The molecule has 0 bridgehead atoms. The van der Waals surface area contributed by atoms with Crippen LogP contribution >= 0.6 is 0 Å². The normalized spacial score (nSPS) is 15.4. The summed E-state index contributed by atoms with van der Waals surface area (Å²) >= 11 is 0. The highest BCUT2D eigenvalue weighted by Gasteiger charge is 2.41. The molecular weight excluding hydrogens is 410 g/mol. The van der Waals surface area contributed by atoms with Crippen LogP contribution in [0, 0.1) is 0 Å². The first-order valence-electron chi connectivity index (χ1n) is 10.8. The van der Waals surface area contributed by atoms with E-state index in [2.05, 4.69) is 57.7 Å². The van der Waals surface area contributed by atoms with Crippen molar-refractivity contribution >= 4 is 20.2 Å². The zero-order valence-corrected chi connectivity index (χ0v) is 21.0. The molecule has 0 unspecified atom stereocenters. The molecule has 2 heterocycles. The predicted molar refractivity (Wildman–Crippen MR) is 124 cm³/mol. The van der Waals surface area contributed by atoms with Crippen molar-refractivity contribution in [3.05, 3.63) is 23.0 Å². The Balaban J connectivity index is 2.08. The number of fused-ring (bicyclic) bond motifs is 3. The molecule has 2 aromatic rings. The van der Waals surface area contributed by atoms with E-state index in [-0.39, 0.29) is 16.4 Å². The first kappa shape index (κ1) is 23.4. The largest absolute Gasteiger partial charge is 0.461 e. The average molecular weight is 446 g/mol. The van der Waals surface area contributed by atoms with E-state index in [0.717, 1.165) is 22.5 Å². The minimum Gasteiger partial charge on any atom is -0.461 e. The summed E-state index contributed by atoms with van der Waals surface area (Å²) in [7, 11) is -1.91. The van der Waals surface area contributed by atoms with Gasteiger partial charge in [0, 0.05) is 11.8 Å². The molecule has 1 aliphatic carbocycles. The van der Waals surface area contributed by atoms with E-state index in [4.69, 9.17) is 20.0 Å². The number of aromatic nitrogens is 4. The second-order valence-corrected chi connectivity index (χ2v) is 15.1. The topological polar surface area (TPSA) is 105 Å². The number of nitrogens with two attached hydrogens (primary N) is 1. The van der Waals surface area contributed by atoms with Gasteiger partial charge in [-0.05, 0) is 42.5 Å². The Morgan fingerprint density at radius 1 is 1.32 bits per heavy atom. The molecule has 0 amide bonds. The average Bonchev–Trinajstić information content (AvgIpc) is 3.02. The summed E-state index contributed by atoms with van der Waals surface area (Å²) in [5.41, 5.74) is 9.31. The van der Waals surface area contributed by atoms with Crippen LogP contribution in [-0.4, -0.2) is 47.2 Å². The Morgan fingerprint density at radius 3 is 2.61 bits per heavy atom. The minimum atomic E-state index is -1.91. The molecule has 0 aliphatic heterocycles. The highest BCUT2D eigenvalue weighted by molar-refractivity contribution is 6.74. The Labute approximate surface area is 185 Å². The van der Waals surface area contributed by atoms with E-state index in [1.807, 2.05) is 4.68 Å². The van der Waals surface area contributed by atoms with Crippen LogP contribution in [0.25, 0.3) is 11.4 Å². The first-order chi connectivity index (χ1) is 14.3. The number of esters is 1. The third-order valence-electron chi connectivity index (χ3n) is 6.41. The van der Waals surface area contributed by atoms with Gasteiger partial charge in [-0.15, -0.1) is 0 Å². The maximum absolute atomic E-state index is 12.8. The Kier molecular flexibility index (Phi) is 6.05. The van der Waals surface area contributed by atoms with Gasteiger partial charge in [0.05, 0.1) is 31.1 Å². The smallest absolute Gasteiger partial charge is 0.359 e. The van der Waals surface area contributed by atoms with Crippen LogP contribution in [0.2, 0.25) is 18.1 Å². The van der Waals surface area contributed by atoms with E-state index >= 15 is 0 Å². The first-order valence-corrected chi connectivity index (χ1v) is 13.7. The monoisotopic (exact) mass is 445 g/mol. The van der Waals surface area contributed by atoms with Crippen molar-refractivity contribution in [1.82, 2.24) is 19.7 Å². The lowest BCUT2D eigenvalue weighted by atomic mass is 9.73. The van der Waals surface area contributed by atoms with E-state index in [1.165, 1.54) is 0 Å². The van der Waals surface area contributed by atoms with Crippen molar-refractivity contribution in [3.63, 3.8) is 0 Å². The van der Waals surface area contributed by atoms with Crippen LogP contribution in [0.1, 0.15) is 63.2 Å². The number of nitrogen functional groups attached to an aromatic ring is 1. The van der Waals surface area contributed by atoms with Crippen molar-refractivity contribution < 1.29 is 14.0 Å². The molecular formula is C22H35N5O3Si. The number of hydrogen-bond acceptors (Lipinski definition) is 7. The summed E-state index contributed by atoms with van der Waals surface area (Å²) in [4.78, 5) is 21.5. The molecule has 2 N–H and O–H groups in total. The van der Waals surface area contributed by atoms with Gasteiger partial charge in [-0.25, -0.2) is 14.8 Å². The fourth-order valence-electron chi connectivity index (χ4n) is 3.77. The zero-order valence-electron chi connectivity index (χ0n) is 20.0. The number of rotatable bonds is 6. The van der Waals surface area contributed by atoms with Gasteiger partial charge in [-0.1, -0.05) is 34.6 Å². The Hall–Kier alpha value is -2.26. The lowest BCUT2D eigenvalue weighted by Gasteiger charge is -2.36. The molecule has 0 fully saturated rings. The molecule has 1 aliphatic rings. The van der Waals surface area contributed by atoms with Crippen LogP contribution < -0.4 is 5.73 Å². The number of ether oxygens (including phenoxy) is 1. The molecule has 8 nitrogen and oxygen atoms in total. The van der Waals surface area contributed by atoms with Gasteiger partial charge in [0.1, 0.15) is 0 Å². The number of anilines is 1. The molecule has 0 aromatic carbocycles. The van der Waals surface area contributed by atoms with Gasteiger partial charge in [0.15, 0.2) is 14.0 Å². The standard InChI is InChI=1S/C22H35N5O3Si/c1-9-29-19(28)17-15-18(16-14(12-22(15,5)6)13-24-20(23)25-16)27(26-17)10-11-30-31(7,8)21(2,3)4/h13H,9-12H2,1-8H3,(H2,23,24,25). The third kappa shape index (κ3) is 4.38. The fraction of sp³-hybridized carbons (Fsp3) is 0.636. The predicted octanol–water partition coefficient (Wildman–Crippen LogP) is 3.95. The molecule has 31 heavy (non-hydrogen) atoms. The van der Waals surface area contributed by atoms with Crippen LogP contribution in [0.5, 0.6) is 0 Å². The quantitative estimate of drug-likeness (QED) is 0.530. The summed E-state index contributed by atoms with van der Waals surface area (Å²) in [6.45, 7) is 18.4. The highest BCUT2D eigenvalue weighted by atomic mass is 28.4. The SMILES string of the molecule is CCOC(=O)c1nn(CCO[Si](C)(C)C(C)(C)C)c2c1C(C)(C)Cc1cnc(N)nc1-2. The van der Waals surface area contributed by atoms with Gasteiger partial charge < -0.3 is 14.9 Å². The van der Waals surface area contributed by atoms with E-state index in [9.17, 15) is 4.79 Å². The Bertz CT molecular complexity index is 992. The molecule has 0 radical (unpaired) electrons. The van der Waals surface area contributed by atoms with Gasteiger partial charge >= 0.3 is 5.97 Å². The van der Waals surface area contributed by atoms with Gasteiger partial charge in [-0.3, -0.25) is 4.68 Å². The molecule has 3 rings (SSSR count). The number of carbonyl (C=O) groups excluding carboxylic acids is 1. The van der Waals surface area contributed by atoms with E-state index in [1.54, 1.807) is 13.1 Å². The maximum Gasteiger partial charge on any atom is 0.359 e. The van der Waals surface area contributed by atoms with E-state index in [0.29, 0.717) is 31.9 Å². The highest BCUT2D eigenvalue weighted by Crippen LogP contribution is 2.44. The molecule has 9 heteroatoms. The molecule has 0 spiro atoms. The molecule has 2 aromatic heterocycles. The maximum atomic E-state index is 12.8. The second-order valence-electron chi connectivity index (χ2n) is 10.3. The Morgan fingerprint density at radius 2 is 2.00 bits per heavy atom. The molecule has 0 saturated heterocycles. The fourth-order valence-corrected chi connectivity index (χ4v) is 4.81. The van der Waals surface area contributed by atoms with Gasteiger partial charge in [0.2, 0.25) is 5.95 Å². The van der Waals surface area contributed by atoms with Crippen molar-refractivity contribution in [1.29, 1.82) is 0 Å². The number of nitrogens with zero attached hydrogens (tertiary/aromatic N) is 4. The number of hydrogen-bond donors (Lipinski definition) is 1. The van der Waals surface area contributed by atoms with Crippen LogP contribution in [0.3, 0.4) is 0 Å². The molecule has 0 atom stereocenters. The second kappa shape index (κ2) is 8.02.